The maximum atomic E-state index is 14.1. The lowest BCUT2D eigenvalue weighted by Crippen LogP contribution is -2.53. The second-order valence-corrected chi connectivity index (χ2v) is 8.72. The van der Waals surface area contributed by atoms with Crippen LogP contribution in [0, 0.1) is 5.82 Å². The lowest BCUT2D eigenvalue weighted by Gasteiger charge is -2.36. The minimum atomic E-state index is -0.225. The Labute approximate surface area is 212 Å². The van der Waals surface area contributed by atoms with Crippen LogP contribution in [0.1, 0.15) is 35.3 Å². The molecule has 1 aliphatic rings. The Hall–Kier alpha value is -3.71. The van der Waals surface area contributed by atoms with Crippen LogP contribution in [0.25, 0.3) is 0 Å². The standard InChI is InChI=1S/C29H33FN4O2/c1-3-22-8-7-10-25(20-22)31-29(32-28(35)23-12-14-26(15-13-23)36-4-2)34-18-16-33(17-19-34)21-24-9-5-6-11-27(24)30/h5-15,20H,3-4,16-19,21H2,1-2H3,(H,31,32,35). The van der Waals surface area contributed by atoms with Crippen molar-refractivity contribution in [2.45, 2.75) is 26.8 Å². The smallest absolute Gasteiger partial charge is 0.257 e. The molecule has 0 bridgehead atoms. The third-order valence-corrected chi connectivity index (χ3v) is 6.23. The molecule has 1 aliphatic heterocycles. The number of nitrogens with zero attached hydrogens (tertiary/aromatic N) is 3. The van der Waals surface area contributed by atoms with Gasteiger partial charge < -0.3 is 9.64 Å². The van der Waals surface area contributed by atoms with E-state index in [0.717, 1.165) is 30.9 Å². The van der Waals surface area contributed by atoms with E-state index in [0.29, 0.717) is 43.3 Å². The Morgan fingerprint density at radius 3 is 2.42 bits per heavy atom. The van der Waals surface area contributed by atoms with Gasteiger partial charge in [0.25, 0.3) is 5.91 Å². The van der Waals surface area contributed by atoms with Gasteiger partial charge in [-0.3, -0.25) is 15.0 Å². The SMILES string of the molecule is CCOc1ccc(C(=O)NC(=Nc2cccc(CC)c2)N2CCN(Cc3ccccc3F)CC2)cc1. The van der Waals surface area contributed by atoms with Crippen LogP contribution in [0.5, 0.6) is 5.75 Å². The van der Waals surface area contributed by atoms with Crippen LogP contribution in [0.4, 0.5) is 10.1 Å². The number of aliphatic imine (C=N–C) groups is 1. The van der Waals surface area contributed by atoms with Crippen molar-refractivity contribution in [2.24, 2.45) is 4.99 Å². The first-order valence-electron chi connectivity index (χ1n) is 12.5. The van der Waals surface area contributed by atoms with Crippen molar-refractivity contribution >= 4 is 17.6 Å². The summed E-state index contributed by atoms with van der Waals surface area (Å²) in [5.41, 5.74) is 3.21. The summed E-state index contributed by atoms with van der Waals surface area (Å²) in [5.74, 6) is 0.843. The number of carbonyl (C=O) groups is 1. The van der Waals surface area contributed by atoms with E-state index in [2.05, 4.69) is 28.1 Å². The highest BCUT2D eigenvalue weighted by atomic mass is 19.1. The van der Waals surface area contributed by atoms with Crippen molar-refractivity contribution in [2.75, 3.05) is 32.8 Å². The molecule has 1 amide bonds. The number of aryl methyl sites for hydroxylation is 1. The number of piperazine rings is 1. The van der Waals surface area contributed by atoms with Crippen molar-refractivity contribution in [3.63, 3.8) is 0 Å². The van der Waals surface area contributed by atoms with E-state index in [9.17, 15) is 9.18 Å². The first-order chi connectivity index (χ1) is 17.6. The summed E-state index contributed by atoms with van der Waals surface area (Å²) in [4.78, 5) is 22.3. The Balaban J connectivity index is 1.49. The number of nitrogens with one attached hydrogen (secondary N) is 1. The van der Waals surface area contributed by atoms with E-state index in [1.54, 1.807) is 30.3 Å². The first kappa shape index (κ1) is 25.4. The summed E-state index contributed by atoms with van der Waals surface area (Å²) in [6.07, 6.45) is 0.909. The molecule has 188 valence electrons. The molecular formula is C29H33FN4O2. The molecule has 4 rings (SSSR count). The Morgan fingerprint density at radius 1 is 0.972 bits per heavy atom. The molecule has 3 aromatic carbocycles. The quantitative estimate of drug-likeness (QED) is 0.375. The summed E-state index contributed by atoms with van der Waals surface area (Å²) < 4.78 is 19.6. The topological polar surface area (TPSA) is 57.2 Å². The summed E-state index contributed by atoms with van der Waals surface area (Å²) in [5, 5.41) is 3.03. The molecule has 0 saturated carbocycles. The van der Waals surface area contributed by atoms with Gasteiger partial charge in [-0.25, -0.2) is 9.38 Å². The first-order valence-corrected chi connectivity index (χ1v) is 12.5. The maximum Gasteiger partial charge on any atom is 0.257 e. The monoisotopic (exact) mass is 488 g/mol. The number of carbonyl (C=O) groups excluding carboxylic acids is 1. The molecule has 0 aromatic heterocycles. The summed E-state index contributed by atoms with van der Waals surface area (Å²) in [6, 6.07) is 22.0. The number of hydrogen-bond acceptors (Lipinski definition) is 4. The molecule has 1 heterocycles. The van der Waals surface area contributed by atoms with E-state index in [1.807, 2.05) is 37.3 Å². The van der Waals surface area contributed by atoms with Gasteiger partial charge >= 0.3 is 0 Å². The normalized spacial score (nSPS) is 14.5. The number of amides is 1. The fraction of sp³-hybridized carbons (Fsp3) is 0.310. The molecule has 6 nitrogen and oxygen atoms in total. The molecule has 1 N–H and O–H groups in total. The number of benzene rings is 3. The van der Waals surface area contributed by atoms with Gasteiger partial charge in [0.15, 0.2) is 0 Å². The number of halogens is 1. The highest BCUT2D eigenvalue weighted by molar-refractivity contribution is 6.06. The van der Waals surface area contributed by atoms with Gasteiger partial charge in [-0.15, -0.1) is 0 Å². The third-order valence-electron chi connectivity index (χ3n) is 6.23. The van der Waals surface area contributed by atoms with E-state index in [1.165, 1.54) is 11.6 Å². The molecule has 1 fully saturated rings. The second-order valence-electron chi connectivity index (χ2n) is 8.72. The summed E-state index contributed by atoms with van der Waals surface area (Å²) in [6.45, 7) is 7.97. The van der Waals surface area contributed by atoms with Gasteiger partial charge in [0.2, 0.25) is 5.96 Å². The fourth-order valence-electron chi connectivity index (χ4n) is 4.17. The van der Waals surface area contributed by atoms with Crippen LogP contribution < -0.4 is 10.1 Å². The number of rotatable bonds is 7. The fourth-order valence-corrected chi connectivity index (χ4v) is 4.17. The maximum absolute atomic E-state index is 14.1. The number of hydrogen-bond donors (Lipinski definition) is 1. The van der Waals surface area contributed by atoms with Crippen LogP contribution in [-0.2, 0) is 13.0 Å². The van der Waals surface area contributed by atoms with Crippen molar-refractivity contribution in [1.29, 1.82) is 0 Å². The van der Waals surface area contributed by atoms with E-state index >= 15 is 0 Å². The molecule has 0 spiro atoms. The van der Waals surface area contributed by atoms with Gasteiger partial charge in [-0.05, 0) is 61.4 Å². The molecule has 36 heavy (non-hydrogen) atoms. The highest BCUT2D eigenvalue weighted by Crippen LogP contribution is 2.18. The molecule has 0 radical (unpaired) electrons. The van der Waals surface area contributed by atoms with Gasteiger partial charge in [0.1, 0.15) is 11.6 Å². The van der Waals surface area contributed by atoms with Crippen molar-refractivity contribution in [3.05, 3.63) is 95.3 Å². The molecule has 1 saturated heterocycles. The van der Waals surface area contributed by atoms with Crippen molar-refractivity contribution in [1.82, 2.24) is 15.1 Å². The molecule has 3 aromatic rings. The van der Waals surface area contributed by atoms with E-state index in [-0.39, 0.29) is 11.7 Å². The summed E-state index contributed by atoms with van der Waals surface area (Å²) >= 11 is 0. The third kappa shape index (κ3) is 6.70. The lowest BCUT2D eigenvalue weighted by atomic mass is 10.1. The lowest BCUT2D eigenvalue weighted by molar-refractivity contribution is 0.0967. The predicted molar refractivity (Wildman–Crippen MR) is 141 cm³/mol. The average Bonchev–Trinajstić information content (AvgIpc) is 2.91. The van der Waals surface area contributed by atoms with Crippen LogP contribution in [0.3, 0.4) is 0 Å². The van der Waals surface area contributed by atoms with Gasteiger partial charge in [-0.1, -0.05) is 37.3 Å². The molecule has 0 aliphatic carbocycles. The molecule has 0 atom stereocenters. The van der Waals surface area contributed by atoms with Crippen molar-refractivity contribution < 1.29 is 13.9 Å². The highest BCUT2D eigenvalue weighted by Gasteiger charge is 2.22. The average molecular weight is 489 g/mol. The van der Waals surface area contributed by atoms with Crippen LogP contribution in [-0.4, -0.2) is 54.5 Å². The van der Waals surface area contributed by atoms with Crippen LogP contribution in [0.2, 0.25) is 0 Å². The van der Waals surface area contributed by atoms with Gasteiger partial charge in [0.05, 0.1) is 12.3 Å². The van der Waals surface area contributed by atoms with Gasteiger partial charge in [0, 0.05) is 43.9 Å². The Bertz CT molecular complexity index is 1190. The zero-order chi connectivity index (χ0) is 25.3. The van der Waals surface area contributed by atoms with Crippen molar-refractivity contribution in [3.8, 4) is 5.75 Å². The zero-order valence-electron chi connectivity index (χ0n) is 20.9. The van der Waals surface area contributed by atoms with Crippen LogP contribution in [0.15, 0.2) is 77.8 Å². The number of guanidine groups is 1. The molecule has 7 heteroatoms. The largest absolute Gasteiger partial charge is 0.494 e. The second kappa shape index (κ2) is 12.3. The minimum Gasteiger partial charge on any atom is -0.494 e. The predicted octanol–water partition coefficient (Wildman–Crippen LogP) is 5.02. The molecule has 0 unspecified atom stereocenters. The Kier molecular flexibility index (Phi) is 8.68. The van der Waals surface area contributed by atoms with E-state index in [4.69, 9.17) is 9.73 Å². The molecular weight excluding hydrogens is 455 g/mol. The van der Waals surface area contributed by atoms with Crippen LogP contribution >= 0.6 is 0 Å². The van der Waals surface area contributed by atoms with Gasteiger partial charge in [-0.2, -0.15) is 0 Å². The Morgan fingerprint density at radius 2 is 1.72 bits per heavy atom. The number of ether oxygens (including phenoxy) is 1. The zero-order valence-corrected chi connectivity index (χ0v) is 20.9. The van der Waals surface area contributed by atoms with E-state index < -0.39 is 0 Å². The summed E-state index contributed by atoms with van der Waals surface area (Å²) in [7, 11) is 0. The minimum absolute atomic E-state index is 0.180.